The molecule has 0 aliphatic rings. The molecule has 100 valence electrons. The van der Waals surface area contributed by atoms with Gasteiger partial charge in [-0.05, 0) is 18.9 Å². The van der Waals surface area contributed by atoms with Gasteiger partial charge in [0.2, 0.25) is 11.8 Å². The van der Waals surface area contributed by atoms with E-state index in [9.17, 15) is 9.59 Å². The predicted molar refractivity (Wildman–Crippen MR) is 74.4 cm³/mol. The van der Waals surface area contributed by atoms with Crippen molar-refractivity contribution in [3.8, 4) is 0 Å². The van der Waals surface area contributed by atoms with Crippen LogP contribution in [0.25, 0.3) is 0 Å². The third-order valence-electron chi connectivity index (χ3n) is 2.50. The Morgan fingerprint density at radius 3 is 2.06 bits per heavy atom. The highest BCUT2D eigenvalue weighted by atomic mass is 16.2. The lowest BCUT2D eigenvalue weighted by Crippen LogP contribution is -2.32. The van der Waals surface area contributed by atoms with Crippen LogP contribution < -0.4 is 5.32 Å². The monoisotopic (exact) mass is 249 g/mol. The van der Waals surface area contributed by atoms with Gasteiger partial charge in [0.05, 0.1) is 5.92 Å². The van der Waals surface area contributed by atoms with Gasteiger partial charge in [0.15, 0.2) is 0 Å². The molecule has 0 spiro atoms. The standard InChI is InChI=1S/C13H17NO2.C2H6/c1-4-12(13(16)14-10(3)15)11-7-5-9(2)6-8-11;1-2/h5-8,12H,4H2,1-3H3,(H,14,15,16);1-2H3. The van der Waals surface area contributed by atoms with Gasteiger partial charge >= 0.3 is 0 Å². The van der Waals surface area contributed by atoms with E-state index in [1.165, 1.54) is 6.92 Å². The third kappa shape index (κ3) is 5.13. The van der Waals surface area contributed by atoms with Crippen LogP contribution in [-0.4, -0.2) is 11.8 Å². The Labute approximate surface area is 110 Å². The number of benzene rings is 1. The lowest BCUT2D eigenvalue weighted by molar-refractivity contribution is -0.130. The van der Waals surface area contributed by atoms with E-state index in [0.717, 1.165) is 11.1 Å². The number of rotatable bonds is 3. The lowest BCUT2D eigenvalue weighted by atomic mass is 9.95. The molecule has 18 heavy (non-hydrogen) atoms. The molecule has 0 bridgehead atoms. The average Bonchev–Trinajstić information content (AvgIpc) is 2.34. The highest BCUT2D eigenvalue weighted by Crippen LogP contribution is 2.19. The van der Waals surface area contributed by atoms with Crippen molar-refractivity contribution in [2.45, 2.75) is 47.0 Å². The van der Waals surface area contributed by atoms with Crippen LogP contribution >= 0.6 is 0 Å². The largest absolute Gasteiger partial charge is 0.296 e. The Hall–Kier alpha value is -1.64. The summed E-state index contributed by atoms with van der Waals surface area (Å²) in [7, 11) is 0. The van der Waals surface area contributed by atoms with E-state index in [-0.39, 0.29) is 17.7 Å². The molecular formula is C15H23NO2. The molecule has 0 fully saturated rings. The van der Waals surface area contributed by atoms with Crippen molar-refractivity contribution in [1.82, 2.24) is 5.32 Å². The van der Waals surface area contributed by atoms with Crippen LogP contribution in [-0.2, 0) is 9.59 Å². The number of carbonyl (C=O) groups is 2. The summed E-state index contributed by atoms with van der Waals surface area (Å²) in [6.07, 6.45) is 0.683. The van der Waals surface area contributed by atoms with Gasteiger partial charge in [-0.1, -0.05) is 50.6 Å². The van der Waals surface area contributed by atoms with E-state index in [2.05, 4.69) is 5.32 Å². The molecule has 1 N–H and O–H groups in total. The van der Waals surface area contributed by atoms with E-state index in [4.69, 9.17) is 0 Å². The highest BCUT2D eigenvalue weighted by molar-refractivity contribution is 5.97. The summed E-state index contributed by atoms with van der Waals surface area (Å²) in [6.45, 7) is 9.28. The topological polar surface area (TPSA) is 46.2 Å². The normalized spacial score (nSPS) is 10.9. The van der Waals surface area contributed by atoms with Gasteiger partial charge < -0.3 is 0 Å². The second kappa shape index (κ2) is 8.45. The first-order valence-corrected chi connectivity index (χ1v) is 6.42. The molecular weight excluding hydrogens is 226 g/mol. The molecule has 1 aromatic carbocycles. The first kappa shape index (κ1) is 16.4. The number of nitrogens with one attached hydrogen (secondary N) is 1. The van der Waals surface area contributed by atoms with Gasteiger partial charge in [-0.3, -0.25) is 14.9 Å². The summed E-state index contributed by atoms with van der Waals surface area (Å²) in [5, 5.41) is 2.33. The van der Waals surface area contributed by atoms with E-state index in [0.29, 0.717) is 6.42 Å². The van der Waals surface area contributed by atoms with Crippen molar-refractivity contribution < 1.29 is 9.59 Å². The van der Waals surface area contributed by atoms with Gasteiger partial charge in [-0.2, -0.15) is 0 Å². The molecule has 0 aliphatic carbocycles. The van der Waals surface area contributed by atoms with Gasteiger partial charge in [-0.25, -0.2) is 0 Å². The van der Waals surface area contributed by atoms with Crippen LogP contribution in [0, 0.1) is 6.92 Å². The zero-order chi connectivity index (χ0) is 14.1. The second-order valence-corrected chi connectivity index (χ2v) is 3.92. The number of hydrogen-bond donors (Lipinski definition) is 1. The minimum atomic E-state index is -0.310. The summed E-state index contributed by atoms with van der Waals surface area (Å²) < 4.78 is 0. The fourth-order valence-corrected chi connectivity index (χ4v) is 1.63. The Balaban J connectivity index is 0.00000137. The van der Waals surface area contributed by atoms with Crippen molar-refractivity contribution in [1.29, 1.82) is 0 Å². The quantitative estimate of drug-likeness (QED) is 0.894. The highest BCUT2D eigenvalue weighted by Gasteiger charge is 2.19. The molecule has 0 saturated heterocycles. The molecule has 0 saturated carbocycles. The van der Waals surface area contributed by atoms with Gasteiger partial charge in [-0.15, -0.1) is 0 Å². The van der Waals surface area contributed by atoms with Crippen molar-refractivity contribution in [3.05, 3.63) is 35.4 Å². The molecule has 1 unspecified atom stereocenters. The average molecular weight is 249 g/mol. The first-order valence-electron chi connectivity index (χ1n) is 6.42. The number of amides is 2. The SMILES string of the molecule is CC.CCC(C(=O)NC(C)=O)c1ccc(C)cc1. The van der Waals surface area contributed by atoms with E-state index in [1.54, 1.807) is 0 Å². The fourth-order valence-electron chi connectivity index (χ4n) is 1.63. The maximum absolute atomic E-state index is 11.7. The molecule has 3 heteroatoms. The van der Waals surface area contributed by atoms with Crippen molar-refractivity contribution in [2.75, 3.05) is 0 Å². The first-order chi connectivity index (χ1) is 8.54. The van der Waals surface area contributed by atoms with Crippen LogP contribution in [0.15, 0.2) is 24.3 Å². The Morgan fingerprint density at radius 1 is 1.17 bits per heavy atom. The molecule has 1 rings (SSSR count). The van der Waals surface area contributed by atoms with E-state index in [1.807, 2.05) is 52.0 Å². The molecule has 1 atom stereocenters. The molecule has 0 aliphatic heterocycles. The third-order valence-corrected chi connectivity index (χ3v) is 2.50. The Bertz CT molecular complexity index is 382. The molecule has 1 aromatic rings. The number of aryl methyl sites for hydroxylation is 1. The van der Waals surface area contributed by atoms with Crippen LogP contribution in [0.1, 0.15) is 51.2 Å². The summed E-state index contributed by atoms with van der Waals surface area (Å²) >= 11 is 0. The van der Waals surface area contributed by atoms with Crippen LogP contribution in [0.5, 0.6) is 0 Å². The van der Waals surface area contributed by atoms with Crippen LogP contribution in [0.4, 0.5) is 0 Å². The molecule has 0 radical (unpaired) electrons. The minimum absolute atomic E-state index is 0.223. The minimum Gasteiger partial charge on any atom is -0.296 e. The Kier molecular flexibility index (Phi) is 7.68. The molecule has 2 amide bonds. The van der Waals surface area contributed by atoms with Crippen molar-refractivity contribution in [3.63, 3.8) is 0 Å². The van der Waals surface area contributed by atoms with Gasteiger partial charge in [0.1, 0.15) is 0 Å². The Morgan fingerprint density at radius 2 is 1.67 bits per heavy atom. The summed E-state index contributed by atoms with van der Waals surface area (Å²) in [4.78, 5) is 22.6. The van der Waals surface area contributed by atoms with Gasteiger partial charge in [0.25, 0.3) is 0 Å². The van der Waals surface area contributed by atoms with Crippen molar-refractivity contribution in [2.24, 2.45) is 0 Å². The summed E-state index contributed by atoms with van der Waals surface area (Å²) in [5.74, 6) is -0.779. The molecule has 0 heterocycles. The number of imide groups is 1. The fraction of sp³-hybridized carbons (Fsp3) is 0.467. The van der Waals surface area contributed by atoms with Crippen molar-refractivity contribution >= 4 is 11.8 Å². The summed E-state index contributed by atoms with van der Waals surface area (Å²) in [6, 6.07) is 7.81. The maximum atomic E-state index is 11.7. The summed E-state index contributed by atoms with van der Waals surface area (Å²) in [5.41, 5.74) is 2.11. The number of hydrogen-bond acceptors (Lipinski definition) is 2. The number of carbonyl (C=O) groups excluding carboxylic acids is 2. The van der Waals surface area contributed by atoms with Gasteiger partial charge in [0, 0.05) is 6.92 Å². The zero-order valence-corrected chi connectivity index (χ0v) is 11.9. The predicted octanol–water partition coefficient (Wildman–Crippen LogP) is 3.18. The second-order valence-electron chi connectivity index (χ2n) is 3.92. The maximum Gasteiger partial charge on any atom is 0.234 e. The lowest BCUT2D eigenvalue weighted by Gasteiger charge is -2.14. The molecule has 0 aromatic heterocycles. The van der Waals surface area contributed by atoms with E-state index < -0.39 is 0 Å². The van der Waals surface area contributed by atoms with E-state index >= 15 is 0 Å². The van der Waals surface area contributed by atoms with Crippen LogP contribution in [0.2, 0.25) is 0 Å². The molecule has 3 nitrogen and oxygen atoms in total. The van der Waals surface area contributed by atoms with Crippen LogP contribution in [0.3, 0.4) is 0 Å². The smallest absolute Gasteiger partial charge is 0.234 e. The zero-order valence-electron chi connectivity index (χ0n) is 11.9.